The Balaban J connectivity index is 1.68. The van der Waals surface area contributed by atoms with E-state index in [2.05, 4.69) is 51.1 Å². The van der Waals surface area contributed by atoms with Gasteiger partial charge in [-0.15, -0.1) is 0 Å². The smallest absolute Gasteiger partial charge is 0.228 e. The maximum atomic E-state index is 12.3. The molecule has 20 heavy (non-hydrogen) atoms. The highest BCUT2D eigenvalue weighted by molar-refractivity contribution is 14.1. The molecule has 1 heterocycles. The molecule has 3 nitrogen and oxygen atoms in total. The van der Waals surface area contributed by atoms with Crippen molar-refractivity contribution >= 4 is 34.3 Å². The first kappa shape index (κ1) is 13.5. The van der Waals surface area contributed by atoms with E-state index in [1.807, 2.05) is 18.2 Å². The molecule has 1 atom stereocenters. The van der Waals surface area contributed by atoms with Crippen molar-refractivity contribution in [2.75, 3.05) is 5.32 Å². The Morgan fingerprint density at radius 1 is 1.20 bits per heavy atom. The van der Waals surface area contributed by atoms with Crippen LogP contribution in [0.2, 0.25) is 0 Å². The molecule has 1 unspecified atom stereocenters. The molecule has 0 fully saturated rings. The summed E-state index contributed by atoms with van der Waals surface area (Å²) in [5.74, 6) is 0.758. The van der Waals surface area contributed by atoms with Crippen LogP contribution in [0.4, 0.5) is 5.82 Å². The third-order valence-corrected chi connectivity index (χ3v) is 4.33. The number of hydrogen-bond acceptors (Lipinski definition) is 2. The number of anilines is 1. The van der Waals surface area contributed by atoms with E-state index in [0.29, 0.717) is 5.82 Å². The van der Waals surface area contributed by atoms with Crippen molar-refractivity contribution in [1.82, 2.24) is 4.98 Å². The Morgan fingerprint density at radius 3 is 2.75 bits per heavy atom. The maximum absolute atomic E-state index is 12.3. The standard InChI is InChI=1S/C16H15IN2O/c17-14-7-8-15(18-10-14)19-16(20)13-6-5-11-3-1-2-4-12(11)9-13/h1-4,7-8,10,13H,5-6,9H2,(H,18,19,20). The number of nitrogens with one attached hydrogen (secondary N) is 1. The van der Waals surface area contributed by atoms with E-state index >= 15 is 0 Å². The molecule has 0 bridgehead atoms. The van der Waals surface area contributed by atoms with Crippen molar-refractivity contribution < 1.29 is 4.79 Å². The van der Waals surface area contributed by atoms with E-state index in [1.165, 1.54) is 11.1 Å². The van der Waals surface area contributed by atoms with Gasteiger partial charge in [0, 0.05) is 15.7 Å². The molecule has 0 spiro atoms. The topological polar surface area (TPSA) is 42.0 Å². The quantitative estimate of drug-likeness (QED) is 0.814. The van der Waals surface area contributed by atoms with E-state index in [4.69, 9.17) is 0 Å². The second-order valence-electron chi connectivity index (χ2n) is 5.06. The molecule has 1 aromatic heterocycles. The SMILES string of the molecule is O=C(Nc1ccc(I)cn1)C1CCc2ccccc2C1. The van der Waals surface area contributed by atoms with Crippen molar-refractivity contribution in [3.8, 4) is 0 Å². The molecule has 1 aromatic carbocycles. The van der Waals surface area contributed by atoms with Gasteiger partial charge in [-0.2, -0.15) is 0 Å². The van der Waals surface area contributed by atoms with Crippen molar-refractivity contribution in [2.24, 2.45) is 5.92 Å². The van der Waals surface area contributed by atoms with E-state index < -0.39 is 0 Å². The second-order valence-corrected chi connectivity index (χ2v) is 6.30. The van der Waals surface area contributed by atoms with Crippen LogP contribution in [0.1, 0.15) is 17.5 Å². The minimum Gasteiger partial charge on any atom is -0.310 e. The maximum Gasteiger partial charge on any atom is 0.228 e. The second kappa shape index (κ2) is 5.91. The van der Waals surface area contributed by atoms with Gasteiger partial charge in [0.1, 0.15) is 5.82 Å². The Bertz CT molecular complexity index is 625. The highest BCUT2D eigenvalue weighted by Crippen LogP contribution is 2.26. The Labute approximate surface area is 132 Å². The van der Waals surface area contributed by atoms with Crippen LogP contribution in [0.15, 0.2) is 42.6 Å². The molecular weight excluding hydrogens is 363 g/mol. The van der Waals surface area contributed by atoms with E-state index in [-0.39, 0.29) is 11.8 Å². The first-order valence-corrected chi connectivity index (χ1v) is 7.79. The minimum absolute atomic E-state index is 0.0472. The molecule has 1 N–H and O–H groups in total. The van der Waals surface area contributed by atoms with Crippen molar-refractivity contribution in [3.63, 3.8) is 0 Å². The summed E-state index contributed by atoms with van der Waals surface area (Å²) in [4.78, 5) is 16.5. The number of aromatic nitrogens is 1. The van der Waals surface area contributed by atoms with Crippen LogP contribution in [0.25, 0.3) is 0 Å². The molecule has 2 aromatic rings. The van der Waals surface area contributed by atoms with E-state index in [9.17, 15) is 4.79 Å². The molecule has 1 aliphatic carbocycles. The van der Waals surface area contributed by atoms with Crippen LogP contribution in [-0.2, 0) is 17.6 Å². The zero-order valence-corrected chi connectivity index (χ0v) is 13.1. The number of carbonyl (C=O) groups is 1. The third kappa shape index (κ3) is 3.00. The first-order chi connectivity index (χ1) is 9.72. The first-order valence-electron chi connectivity index (χ1n) is 6.71. The average molecular weight is 378 g/mol. The number of carbonyl (C=O) groups excluding carboxylic acids is 1. The number of nitrogens with zero attached hydrogens (tertiary/aromatic N) is 1. The number of amides is 1. The van der Waals surface area contributed by atoms with Gasteiger partial charge in [0.2, 0.25) is 5.91 Å². The number of rotatable bonds is 2. The van der Waals surface area contributed by atoms with Crippen molar-refractivity contribution in [1.29, 1.82) is 0 Å². The summed E-state index contributed by atoms with van der Waals surface area (Å²) in [6, 6.07) is 12.2. The summed E-state index contributed by atoms with van der Waals surface area (Å²) < 4.78 is 1.06. The van der Waals surface area contributed by atoms with Gasteiger partial charge >= 0.3 is 0 Å². The fourth-order valence-electron chi connectivity index (χ4n) is 2.60. The van der Waals surface area contributed by atoms with Gasteiger partial charge in [-0.3, -0.25) is 4.79 Å². The summed E-state index contributed by atoms with van der Waals surface area (Å²) in [6.45, 7) is 0. The largest absolute Gasteiger partial charge is 0.310 e. The lowest BCUT2D eigenvalue weighted by Crippen LogP contribution is -2.28. The molecule has 4 heteroatoms. The molecule has 0 saturated heterocycles. The van der Waals surface area contributed by atoms with Crippen LogP contribution >= 0.6 is 22.6 Å². The van der Waals surface area contributed by atoms with Gasteiger partial charge in [0.05, 0.1) is 0 Å². The lowest BCUT2D eigenvalue weighted by Gasteiger charge is -2.23. The lowest BCUT2D eigenvalue weighted by molar-refractivity contribution is -0.120. The zero-order chi connectivity index (χ0) is 13.9. The van der Waals surface area contributed by atoms with E-state index in [1.54, 1.807) is 6.20 Å². The molecular formula is C16H15IN2O. The van der Waals surface area contributed by atoms with Crippen LogP contribution in [0, 0.1) is 9.49 Å². The summed E-state index contributed by atoms with van der Waals surface area (Å²) in [5, 5.41) is 2.92. The van der Waals surface area contributed by atoms with E-state index in [0.717, 1.165) is 22.8 Å². The molecule has 0 radical (unpaired) electrons. The Hall–Kier alpha value is -1.43. The van der Waals surface area contributed by atoms with Crippen LogP contribution in [-0.4, -0.2) is 10.9 Å². The summed E-state index contributed by atoms with van der Waals surface area (Å²) in [7, 11) is 0. The number of fused-ring (bicyclic) bond motifs is 1. The number of pyridine rings is 1. The van der Waals surface area contributed by atoms with Gasteiger partial charge < -0.3 is 5.32 Å². The molecule has 3 rings (SSSR count). The lowest BCUT2D eigenvalue weighted by atomic mass is 9.83. The highest BCUT2D eigenvalue weighted by atomic mass is 127. The zero-order valence-electron chi connectivity index (χ0n) is 11.0. The average Bonchev–Trinajstić information content (AvgIpc) is 2.49. The van der Waals surface area contributed by atoms with Crippen LogP contribution in [0.3, 0.4) is 0 Å². The fraction of sp³-hybridized carbons (Fsp3) is 0.250. The summed E-state index contributed by atoms with van der Waals surface area (Å²) in [5.41, 5.74) is 2.68. The predicted molar refractivity (Wildman–Crippen MR) is 87.5 cm³/mol. The Kier molecular flexibility index (Phi) is 4.00. The normalized spacial score (nSPS) is 17.4. The summed E-state index contributed by atoms with van der Waals surface area (Å²) in [6.07, 6.45) is 4.47. The number of benzene rings is 1. The van der Waals surface area contributed by atoms with Gasteiger partial charge in [-0.1, -0.05) is 24.3 Å². The number of aryl methyl sites for hydroxylation is 1. The van der Waals surface area contributed by atoms with Crippen LogP contribution in [0.5, 0.6) is 0 Å². The van der Waals surface area contributed by atoms with Gasteiger partial charge in [-0.05, 0) is 65.1 Å². The predicted octanol–water partition coefficient (Wildman–Crippen LogP) is 3.43. The third-order valence-electron chi connectivity index (χ3n) is 3.70. The molecule has 1 amide bonds. The van der Waals surface area contributed by atoms with Crippen molar-refractivity contribution in [3.05, 3.63) is 57.3 Å². The highest BCUT2D eigenvalue weighted by Gasteiger charge is 2.24. The van der Waals surface area contributed by atoms with Crippen molar-refractivity contribution in [2.45, 2.75) is 19.3 Å². The number of halogens is 1. The monoisotopic (exact) mass is 378 g/mol. The molecule has 0 saturated carbocycles. The minimum atomic E-state index is 0.0472. The van der Waals surface area contributed by atoms with Gasteiger partial charge in [-0.25, -0.2) is 4.98 Å². The Morgan fingerprint density at radius 2 is 2.00 bits per heavy atom. The number of hydrogen-bond donors (Lipinski definition) is 1. The molecule has 0 aliphatic heterocycles. The van der Waals surface area contributed by atoms with Gasteiger partial charge in [0.15, 0.2) is 0 Å². The van der Waals surface area contributed by atoms with Gasteiger partial charge in [0.25, 0.3) is 0 Å². The summed E-state index contributed by atoms with van der Waals surface area (Å²) >= 11 is 2.20. The fourth-order valence-corrected chi connectivity index (χ4v) is 2.92. The molecule has 102 valence electrons. The van der Waals surface area contributed by atoms with Crippen LogP contribution < -0.4 is 5.32 Å². The molecule has 1 aliphatic rings.